The average molecular weight is 330 g/mol. The molecular weight excluding hydrogens is 316 g/mol. The molecule has 0 spiro atoms. The smallest absolute Gasteiger partial charge is 0.221 e. The molecule has 3 rings (SSSR count). The van der Waals surface area contributed by atoms with E-state index >= 15 is 0 Å². The summed E-state index contributed by atoms with van der Waals surface area (Å²) in [5.74, 6) is 0.244. The minimum absolute atomic E-state index is 0.0933. The number of rotatable bonds is 5. The number of hydrogen-bond donors (Lipinski definition) is 3. The van der Waals surface area contributed by atoms with Crippen LogP contribution in [-0.4, -0.2) is 33.7 Å². The standard InChI is InChI=1S/C15H14N4O3S/c20-13(15-17-10-18-19-15)7-6-11-8-14(16-9-11)23(21,22)12-4-2-1-3-5-12/h1-10,13,16,20H,(H,17,18,19). The molecule has 23 heavy (non-hydrogen) atoms. The first-order valence-electron chi connectivity index (χ1n) is 6.78. The van der Waals surface area contributed by atoms with Gasteiger partial charge < -0.3 is 10.1 Å². The zero-order chi connectivity index (χ0) is 16.3. The second-order valence-corrected chi connectivity index (χ2v) is 6.69. The maximum absolute atomic E-state index is 12.4. The van der Waals surface area contributed by atoms with E-state index in [-0.39, 0.29) is 15.7 Å². The zero-order valence-corrected chi connectivity index (χ0v) is 12.7. The molecule has 3 N–H and O–H groups in total. The van der Waals surface area contributed by atoms with Gasteiger partial charge >= 0.3 is 0 Å². The van der Waals surface area contributed by atoms with Crippen molar-refractivity contribution in [3.8, 4) is 0 Å². The van der Waals surface area contributed by atoms with Crippen molar-refractivity contribution in [2.45, 2.75) is 16.0 Å². The minimum Gasteiger partial charge on any atom is -0.381 e. The second-order valence-electron chi connectivity index (χ2n) is 4.78. The van der Waals surface area contributed by atoms with Crippen molar-refractivity contribution in [1.82, 2.24) is 20.2 Å². The van der Waals surface area contributed by atoms with Crippen LogP contribution in [0.4, 0.5) is 0 Å². The number of nitrogens with one attached hydrogen (secondary N) is 2. The van der Waals surface area contributed by atoms with E-state index in [9.17, 15) is 13.5 Å². The van der Waals surface area contributed by atoms with E-state index < -0.39 is 15.9 Å². The summed E-state index contributed by atoms with van der Waals surface area (Å²) in [4.78, 5) is 6.81. The number of hydrogen-bond acceptors (Lipinski definition) is 5. The van der Waals surface area contributed by atoms with Crippen LogP contribution in [0.3, 0.4) is 0 Å². The lowest BCUT2D eigenvalue weighted by molar-refractivity contribution is 0.219. The molecule has 0 aliphatic carbocycles. The number of aromatic nitrogens is 4. The Morgan fingerprint density at radius 3 is 2.70 bits per heavy atom. The highest BCUT2D eigenvalue weighted by molar-refractivity contribution is 7.91. The lowest BCUT2D eigenvalue weighted by Crippen LogP contribution is -2.01. The molecule has 8 heteroatoms. The second kappa shape index (κ2) is 6.19. The van der Waals surface area contributed by atoms with Crippen LogP contribution in [0.5, 0.6) is 0 Å². The third kappa shape index (κ3) is 3.22. The van der Waals surface area contributed by atoms with Gasteiger partial charge in [0.25, 0.3) is 0 Å². The number of nitrogens with zero attached hydrogens (tertiary/aromatic N) is 2. The highest BCUT2D eigenvalue weighted by Crippen LogP contribution is 2.21. The molecule has 2 aromatic heterocycles. The van der Waals surface area contributed by atoms with E-state index in [1.807, 2.05) is 0 Å². The van der Waals surface area contributed by atoms with Gasteiger partial charge in [-0.15, -0.1) is 0 Å². The maximum Gasteiger partial charge on any atom is 0.221 e. The largest absolute Gasteiger partial charge is 0.381 e. The van der Waals surface area contributed by atoms with E-state index in [0.717, 1.165) is 0 Å². The third-order valence-corrected chi connectivity index (χ3v) is 4.90. The summed E-state index contributed by atoms with van der Waals surface area (Å²) in [6.45, 7) is 0. The first-order valence-corrected chi connectivity index (χ1v) is 8.26. The Hall–Kier alpha value is -2.71. The van der Waals surface area contributed by atoms with Gasteiger partial charge in [-0.3, -0.25) is 5.10 Å². The fourth-order valence-corrected chi connectivity index (χ4v) is 3.29. The van der Waals surface area contributed by atoms with Gasteiger partial charge in [0.15, 0.2) is 5.82 Å². The highest BCUT2D eigenvalue weighted by atomic mass is 32.2. The van der Waals surface area contributed by atoms with E-state index in [0.29, 0.717) is 5.56 Å². The monoisotopic (exact) mass is 330 g/mol. The van der Waals surface area contributed by atoms with Gasteiger partial charge in [-0.25, -0.2) is 13.4 Å². The SMILES string of the molecule is O=S(=O)(c1ccccc1)c1cc(C=CC(O)c2nc[nH]n2)c[nH]1. The number of benzene rings is 1. The van der Waals surface area contributed by atoms with Gasteiger partial charge in [-0.1, -0.05) is 24.3 Å². The Bertz CT molecular complexity index is 899. The van der Waals surface area contributed by atoms with Crippen LogP contribution in [0.15, 0.2) is 64.9 Å². The zero-order valence-electron chi connectivity index (χ0n) is 11.9. The van der Waals surface area contributed by atoms with Crippen LogP contribution < -0.4 is 0 Å². The molecule has 118 valence electrons. The van der Waals surface area contributed by atoms with Crippen molar-refractivity contribution in [1.29, 1.82) is 0 Å². The molecule has 3 aromatic rings. The number of aromatic amines is 2. The molecule has 0 saturated carbocycles. The van der Waals surface area contributed by atoms with Crippen LogP contribution in [-0.2, 0) is 9.84 Å². The van der Waals surface area contributed by atoms with Gasteiger partial charge in [0.2, 0.25) is 9.84 Å². The van der Waals surface area contributed by atoms with E-state index in [2.05, 4.69) is 20.2 Å². The van der Waals surface area contributed by atoms with E-state index in [1.54, 1.807) is 42.6 Å². The quantitative estimate of drug-likeness (QED) is 0.659. The summed E-state index contributed by atoms with van der Waals surface area (Å²) >= 11 is 0. The molecule has 0 saturated heterocycles. The summed E-state index contributed by atoms with van der Waals surface area (Å²) < 4.78 is 24.9. The van der Waals surface area contributed by atoms with Crippen molar-refractivity contribution >= 4 is 15.9 Å². The van der Waals surface area contributed by atoms with E-state index in [4.69, 9.17) is 0 Å². The number of aliphatic hydroxyl groups excluding tert-OH is 1. The number of sulfone groups is 1. The summed E-state index contributed by atoms with van der Waals surface area (Å²) in [6.07, 6.45) is 5.03. The van der Waals surface area contributed by atoms with E-state index in [1.165, 1.54) is 18.5 Å². The fourth-order valence-electron chi connectivity index (χ4n) is 2.02. The average Bonchev–Trinajstić information content (AvgIpc) is 3.25. The first kappa shape index (κ1) is 15.2. The van der Waals surface area contributed by atoms with Crippen LogP contribution in [0.2, 0.25) is 0 Å². The van der Waals surface area contributed by atoms with Crippen molar-refractivity contribution < 1.29 is 13.5 Å². The fraction of sp³-hybridized carbons (Fsp3) is 0.0667. The molecule has 1 unspecified atom stereocenters. The van der Waals surface area contributed by atoms with Gasteiger partial charge in [-0.05, 0) is 29.8 Å². The van der Waals surface area contributed by atoms with Crippen molar-refractivity contribution in [2.75, 3.05) is 0 Å². The molecule has 0 amide bonds. The summed E-state index contributed by atoms with van der Waals surface area (Å²) in [5.41, 5.74) is 0.620. The minimum atomic E-state index is -3.58. The normalized spacial score (nSPS) is 13.4. The van der Waals surface area contributed by atoms with Crippen molar-refractivity contribution in [3.63, 3.8) is 0 Å². The Balaban J connectivity index is 1.81. The first-order chi connectivity index (χ1) is 11.1. The molecule has 1 aromatic carbocycles. The van der Waals surface area contributed by atoms with Crippen LogP contribution in [0.1, 0.15) is 17.5 Å². The molecule has 0 aliphatic heterocycles. The lowest BCUT2D eigenvalue weighted by Gasteiger charge is -2.00. The van der Waals surface area contributed by atoms with Gasteiger partial charge in [-0.2, -0.15) is 5.10 Å². The number of H-pyrrole nitrogens is 2. The number of aliphatic hydroxyl groups is 1. The van der Waals surface area contributed by atoms with Gasteiger partial charge in [0.1, 0.15) is 17.5 Å². The lowest BCUT2D eigenvalue weighted by atomic mass is 10.2. The third-order valence-electron chi connectivity index (χ3n) is 3.19. The van der Waals surface area contributed by atoms with Crippen LogP contribution >= 0.6 is 0 Å². The molecule has 0 aliphatic rings. The molecule has 2 heterocycles. The Morgan fingerprint density at radius 1 is 1.22 bits per heavy atom. The predicted octanol–water partition coefficient (Wildman–Crippen LogP) is 1.71. The maximum atomic E-state index is 12.4. The van der Waals surface area contributed by atoms with Gasteiger partial charge in [0.05, 0.1) is 4.90 Å². The summed E-state index contributed by atoms with van der Waals surface area (Å²) in [7, 11) is -3.58. The van der Waals surface area contributed by atoms with Crippen LogP contribution in [0.25, 0.3) is 6.08 Å². The van der Waals surface area contributed by atoms with Crippen LogP contribution in [0, 0.1) is 0 Å². The Labute approximate surface area is 132 Å². The van der Waals surface area contributed by atoms with Crippen molar-refractivity contribution in [2.24, 2.45) is 0 Å². The molecule has 0 radical (unpaired) electrons. The summed E-state index contributed by atoms with van der Waals surface area (Å²) in [6, 6.07) is 9.68. The predicted molar refractivity (Wildman–Crippen MR) is 83.1 cm³/mol. The Kier molecular flexibility index (Phi) is 4.09. The highest BCUT2D eigenvalue weighted by Gasteiger charge is 2.18. The van der Waals surface area contributed by atoms with Gasteiger partial charge in [0, 0.05) is 6.20 Å². The Morgan fingerprint density at radius 2 is 2.00 bits per heavy atom. The van der Waals surface area contributed by atoms with Crippen molar-refractivity contribution in [3.05, 3.63) is 66.4 Å². The molecule has 1 atom stereocenters. The molecule has 7 nitrogen and oxygen atoms in total. The molecule has 0 fully saturated rings. The molecular formula is C15H14N4O3S. The molecule has 0 bridgehead atoms. The summed E-state index contributed by atoms with van der Waals surface area (Å²) in [5, 5.41) is 16.2. The topological polar surface area (TPSA) is 112 Å².